The topological polar surface area (TPSA) is 75.4 Å². The first-order valence-corrected chi connectivity index (χ1v) is 8.24. The van der Waals surface area contributed by atoms with E-state index >= 15 is 0 Å². The number of rotatable bonds is 6. The molecule has 3 N–H and O–H groups in total. The van der Waals surface area contributed by atoms with Gasteiger partial charge in [-0.05, 0) is 48.4 Å². The second-order valence-electron chi connectivity index (χ2n) is 6.93. The van der Waals surface area contributed by atoms with Gasteiger partial charge < -0.3 is 16.0 Å². The van der Waals surface area contributed by atoms with Crippen molar-refractivity contribution >= 4 is 17.5 Å². The standard InChI is InChI=1S/C20H25N3O2/c1-20(2,13-21)14-23(3)19(25)16-9-11-17(12-10-16)22-18(24)15-7-5-4-6-8-15/h4-12H,13-14,21H2,1-3H3,(H,22,24). The summed E-state index contributed by atoms with van der Waals surface area (Å²) in [6, 6.07) is 15.9. The number of nitrogens with two attached hydrogens (primary N) is 1. The maximum Gasteiger partial charge on any atom is 0.255 e. The molecule has 0 aliphatic rings. The van der Waals surface area contributed by atoms with Crippen LogP contribution in [0.25, 0.3) is 0 Å². The first kappa shape index (κ1) is 18.7. The van der Waals surface area contributed by atoms with E-state index in [9.17, 15) is 9.59 Å². The summed E-state index contributed by atoms with van der Waals surface area (Å²) >= 11 is 0. The number of nitrogens with zero attached hydrogens (tertiary/aromatic N) is 1. The fourth-order valence-electron chi connectivity index (χ4n) is 2.49. The van der Waals surface area contributed by atoms with Gasteiger partial charge in [0.2, 0.25) is 0 Å². The Morgan fingerprint density at radius 2 is 1.60 bits per heavy atom. The van der Waals surface area contributed by atoms with Crippen molar-refractivity contribution in [1.82, 2.24) is 4.90 Å². The Labute approximate surface area is 148 Å². The molecule has 0 aliphatic carbocycles. The highest BCUT2D eigenvalue weighted by Gasteiger charge is 2.21. The Morgan fingerprint density at radius 1 is 1.00 bits per heavy atom. The third-order valence-electron chi connectivity index (χ3n) is 3.99. The van der Waals surface area contributed by atoms with E-state index in [2.05, 4.69) is 5.32 Å². The van der Waals surface area contributed by atoms with Crippen LogP contribution >= 0.6 is 0 Å². The summed E-state index contributed by atoms with van der Waals surface area (Å²) in [7, 11) is 1.77. The first-order valence-electron chi connectivity index (χ1n) is 8.24. The second kappa shape index (κ2) is 7.94. The molecule has 0 saturated heterocycles. The number of nitrogens with one attached hydrogen (secondary N) is 1. The van der Waals surface area contributed by atoms with Gasteiger partial charge in [-0.1, -0.05) is 32.0 Å². The average Bonchev–Trinajstić information content (AvgIpc) is 2.62. The van der Waals surface area contributed by atoms with Gasteiger partial charge in [0.1, 0.15) is 0 Å². The maximum absolute atomic E-state index is 12.5. The molecule has 5 heteroatoms. The van der Waals surface area contributed by atoms with E-state index in [-0.39, 0.29) is 17.2 Å². The van der Waals surface area contributed by atoms with Gasteiger partial charge in [0.15, 0.2) is 0 Å². The lowest BCUT2D eigenvalue weighted by atomic mass is 9.93. The molecular formula is C20H25N3O2. The van der Waals surface area contributed by atoms with Gasteiger partial charge >= 0.3 is 0 Å². The van der Waals surface area contributed by atoms with Crippen LogP contribution in [-0.2, 0) is 0 Å². The Morgan fingerprint density at radius 3 is 2.16 bits per heavy atom. The number of hydrogen-bond donors (Lipinski definition) is 2. The fourth-order valence-corrected chi connectivity index (χ4v) is 2.49. The number of carbonyl (C=O) groups is 2. The van der Waals surface area contributed by atoms with Crippen molar-refractivity contribution in [3.8, 4) is 0 Å². The summed E-state index contributed by atoms with van der Waals surface area (Å²) in [6.45, 7) is 5.14. The predicted octanol–water partition coefficient (Wildman–Crippen LogP) is 3.00. The highest BCUT2D eigenvalue weighted by atomic mass is 16.2. The molecule has 2 rings (SSSR count). The lowest BCUT2D eigenvalue weighted by molar-refractivity contribution is 0.0740. The molecule has 0 fully saturated rings. The third-order valence-corrected chi connectivity index (χ3v) is 3.99. The molecule has 2 aromatic rings. The van der Waals surface area contributed by atoms with E-state index in [4.69, 9.17) is 5.73 Å². The molecule has 5 nitrogen and oxygen atoms in total. The quantitative estimate of drug-likeness (QED) is 0.849. The summed E-state index contributed by atoms with van der Waals surface area (Å²) in [4.78, 5) is 26.3. The van der Waals surface area contributed by atoms with E-state index < -0.39 is 0 Å². The lowest BCUT2D eigenvalue weighted by Crippen LogP contribution is -2.39. The van der Waals surface area contributed by atoms with Crippen LogP contribution in [0.5, 0.6) is 0 Å². The Balaban J connectivity index is 2.02. The molecule has 2 amide bonds. The zero-order valence-electron chi connectivity index (χ0n) is 15.0. The molecule has 0 aliphatic heterocycles. The van der Waals surface area contributed by atoms with Crippen molar-refractivity contribution in [3.63, 3.8) is 0 Å². The van der Waals surface area contributed by atoms with E-state index in [0.717, 1.165) is 0 Å². The number of anilines is 1. The van der Waals surface area contributed by atoms with Gasteiger partial charge in [0.25, 0.3) is 11.8 Å². The summed E-state index contributed by atoms with van der Waals surface area (Å²) in [6.07, 6.45) is 0. The molecule has 0 unspecified atom stereocenters. The van der Waals surface area contributed by atoms with Crippen LogP contribution in [0, 0.1) is 5.41 Å². The molecule has 2 aromatic carbocycles. The molecule has 0 spiro atoms. The third kappa shape index (κ3) is 5.16. The Bertz CT molecular complexity index is 724. The minimum Gasteiger partial charge on any atom is -0.341 e. The molecule has 132 valence electrons. The first-order chi connectivity index (χ1) is 11.8. The largest absolute Gasteiger partial charge is 0.341 e. The van der Waals surface area contributed by atoms with Crippen LogP contribution in [0.15, 0.2) is 54.6 Å². The van der Waals surface area contributed by atoms with Gasteiger partial charge in [-0.3, -0.25) is 9.59 Å². The van der Waals surface area contributed by atoms with Gasteiger partial charge in [0.05, 0.1) is 0 Å². The summed E-state index contributed by atoms with van der Waals surface area (Å²) < 4.78 is 0. The summed E-state index contributed by atoms with van der Waals surface area (Å²) in [5.41, 5.74) is 7.41. The van der Waals surface area contributed by atoms with Crippen molar-refractivity contribution in [2.45, 2.75) is 13.8 Å². The molecule has 25 heavy (non-hydrogen) atoms. The van der Waals surface area contributed by atoms with Crippen LogP contribution in [-0.4, -0.2) is 36.9 Å². The number of benzene rings is 2. The zero-order chi connectivity index (χ0) is 18.4. The molecule has 0 atom stereocenters. The monoisotopic (exact) mass is 339 g/mol. The van der Waals surface area contributed by atoms with E-state index in [1.165, 1.54) is 0 Å². The molecule has 0 heterocycles. The highest BCUT2D eigenvalue weighted by Crippen LogP contribution is 2.17. The van der Waals surface area contributed by atoms with Gasteiger partial charge in [-0.15, -0.1) is 0 Å². The van der Waals surface area contributed by atoms with Gasteiger partial charge in [-0.2, -0.15) is 0 Å². The van der Waals surface area contributed by atoms with Crippen molar-refractivity contribution in [3.05, 3.63) is 65.7 Å². The van der Waals surface area contributed by atoms with Crippen molar-refractivity contribution < 1.29 is 9.59 Å². The molecule has 0 radical (unpaired) electrons. The molecular weight excluding hydrogens is 314 g/mol. The van der Waals surface area contributed by atoms with Crippen LogP contribution in [0.1, 0.15) is 34.6 Å². The lowest BCUT2D eigenvalue weighted by Gasteiger charge is -2.29. The normalized spacial score (nSPS) is 11.0. The summed E-state index contributed by atoms with van der Waals surface area (Å²) in [5, 5.41) is 2.82. The smallest absolute Gasteiger partial charge is 0.255 e. The van der Waals surface area contributed by atoms with Crippen LogP contribution in [0.3, 0.4) is 0 Å². The Kier molecular flexibility index (Phi) is 5.93. The molecule has 0 saturated carbocycles. The van der Waals surface area contributed by atoms with Crippen LogP contribution in [0.4, 0.5) is 5.69 Å². The number of hydrogen-bond acceptors (Lipinski definition) is 3. The average molecular weight is 339 g/mol. The minimum absolute atomic E-state index is 0.0672. The van der Waals surface area contributed by atoms with E-state index in [1.54, 1.807) is 48.3 Å². The maximum atomic E-state index is 12.5. The fraction of sp³-hybridized carbons (Fsp3) is 0.300. The van der Waals surface area contributed by atoms with E-state index in [0.29, 0.717) is 29.9 Å². The van der Waals surface area contributed by atoms with E-state index in [1.807, 2.05) is 32.0 Å². The Hall–Kier alpha value is -2.66. The SMILES string of the molecule is CN(CC(C)(C)CN)C(=O)c1ccc(NC(=O)c2ccccc2)cc1. The minimum atomic E-state index is -0.179. The van der Waals surface area contributed by atoms with Crippen molar-refractivity contribution in [1.29, 1.82) is 0 Å². The van der Waals surface area contributed by atoms with Crippen LogP contribution < -0.4 is 11.1 Å². The van der Waals surface area contributed by atoms with Gasteiger partial charge in [0, 0.05) is 30.4 Å². The predicted molar refractivity (Wildman–Crippen MR) is 101 cm³/mol. The van der Waals surface area contributed by atoms with Crippen molar-refractivity contribution in [2.24, 2.45) is 11.1 Å². The van der Waals surface area contributed by atoms with Crippen molar-refractivity contribution in [2.75, 3.05) is 25.5 Å². The summed E-state index contributed by atoms with van der Waals surface area (Å²) in [5.74, 6) is -0.246. The molecule has 0 bridgehead atoms. The van der Waals surface area contributed by atoms with Gasteiger partial charge in [-0.25, -0.2) is 0 Å². The highest BCUT2D eigenvalue weighted by molar-refractivity contribution is 6.04. The number of carbonyl (C=O) groups excluding carboxylic acids is 2. The number of amides is 2. The zero-order valence-corrected chi connectivity index (χ0v) is 15.0. The van der Waals surface area contributed by atoms with Crippen LogP contribution in [0.2, 0.25) is 0 Å². The second-order valence-corrected chi connectivity index (χ2v) is 6.93. The molecule has 0 aromatic heterocycles.